The number of aliphatic hydroxyl groups is 1. The molecule has 5 rings (SSSR count). The van der Waals surface area contributed by atoms with Gasteiger partial charge >= 0.3 is 6.15 Å². The zero-order valence-corrected chi connectivity index (χ0v) is 25.3. The van der Waals surface area contributed by atoms with Crippen LogP contribution in [0.1, 0.15) is 73.2 Å². The lowest BCUT2D eigenvalue weighted by molar-refractivity contribution is -0.191. The second-order valence-corrected chi connectivity index (χ2v) is 13.2. The molecule has 1 saturated carbocycles. The third kappa shape index (κ3) is 8.89. The van der Waals surface area contributed by atoms with E-state index < -0.39 is 5.60 Å². The number of aromatic nitrogens is 1. The molecule has 1 fully saturated rings. The van der Waals surface area contributed by atoms with Crippen molar-refractivity contribution < 1.29 is 14.7 Å². The molecule has 3 aromatic carbocycles. The molecule has 0 spiro atoms. The monoisotopic (exact) mass is 585 g/mol. The summed E-state index contributed by atoms with van der Waals surface area (Å²) in [5.74, 6) is 1.19. The minimum atomic E-state index is -0.840. The number of thioether (sulfide) groups is 1. The Hall–Kier alpha value is -3.21. The van der Waals surface area contributed by atoms with Gasteiger partial charge in [0, 0.05) is 15.7 Å². The van der Waals surface area contributed by atoms with E-state index in [1.807, 2.05) is 44.2 Å². The van der Waals surface area contributed by atoms with Crippen molar-refractivity contribution in [1.29, 1.82) is 0 Å². The minimum absolute atomic E-state index is 0.250. The quantitative estimate of drug-likeness (QED) is 0.201. The summed E-state index contributed by atoms with van der Waals surface area (Å²) in [7, 11) is 0. The van der Waals surface area contributed by atoms with Crippen molar-refractivity contribution in [2.45, 2.75) is 57.3 Å². The summed E-state index contributed by atoms with van der Waals surface area (Å²) in [5, 5.41) is 12.9. The van der Waals surface area contributed by atoms with Crippen molar-refractivity contribution >= 4 is 52.6 Å². The number of pyridine rings is 1. The van der Waals surface area contributed by atoms with Crippen LogP contribution in [0, 0.1) is 5.41 Å². The Morgan fingerprint density at radius 3 is 2.49 bits per heavy atom. The third-order valence-corrected chi connectivity index (χ3v) is 9.50. The van der Waals surface area contributed by atoms with Crippen LogP contribution in [-0.2, 0) is 21.6 Å². The molecule has 1 heterocycles. The maximum Gasteiger partial charge on any atom is 0.373 e. The number of benzene rings is 3. The average Bonchev–Trinajstić information content (AvgIpc) is 3.69. The lowest BCUT2D eigenvalue weighted by atomic mass is 9.90. The second-order valence-electron chi connectivity index (χ2n) is 11.5. The van der Waals surface area contributed by atoms with Crippen molar-refractivity contribution in [1.82, 2.24) is 4.98 Å². The summed E-state index contributed by atoms with van der Waals surface area (Å²) in [6.07, 6.45) is 9.12. The Bertz CT molecular complexity index is 1550. The minimum Gasteiger partial charge on any atom is -0.386 e. The van der Waals surface area contributed by atoms with E-state index in [-0.39, 0.29) is 6.15 Å². The van der Waals surface area contributed by atoms with Gasteiger partial charge in [-0.05, 0) is 97.2 Å². The summed E-state index contributed by atoms with van der Waals surface area (Å²) in [5.41, 5.74) is 6.28. The predicted octanol–water partition coefficient (Wildman–Crippen LogP) is 8.91. The zero-order chi connectivity index (χ0) is 29.5. The molecule has 1 N–H and O–H groups in total. The molecule has 212 valence electrons. The molecular weight excluding hydrogens is 550 g/mol. The van der Waals surface area contributed by atoms with Gasteiger partial charge in [0.2, 0.25) is 0 Å². The van der Waals surface area contributed by atoms with Crippen LogP contribution >= 0.6 is 23.4 Å². The number of aryl methyl sites for hydroxylation is 1. The summed E-state index contributed by atoms with van der Waals surface area (Å²) in [4.78, 5) is 21.0. The van der Waals surface area contributed by atoms with Crippen LogP contribution in [0.3, 0.4) is 0 Å². The number of hydrogen-bond donors (Lipinski definition) is 1. The summed E-state index contributed by atoms with van der Waals surface area (Å²) >= 11 is 8.26. The summed E-state index contributed by atoms with van der Waals surface area (Å²) in [6, 6.07) is 27.2. The van der Waals surface area contributed by atoms with Gasteiger partial charge in [0.05, 0.1) is 16.8 Å². The molecule has 0 unspecified atom stereocenters. The van der Waals surface area contributed by atoms with E-state index in [0.29, 0.717) is 15.7 Å². The van der Waals surface area contributed by atoms with Crippen molar-refractivity contribution in [3.8, 4) is 0 Å². The number of carbonyl (C=O) groups excluding carboxylic acids is 2. The SMILES string of the molecule is CC1(CS[C@H](CCc2ccccc2C(C)(C)O)c2cccc(/C=C/c3ccc4ccc(Cl)cc4n3)c2)CC1.O=C=O. The molecule has 1 aliphatic carbocycles. The van der Waals surface area contributed by atoms with E-state index in [0.717, 1.165) is 35.0 Å². The Balaban J connectivity index is 0.00000124. The maximum atomic E-state index is 10.7. The largest absolute Gasteiger partial charge is 0.386 e. The van der Waals surface area contributed by atoms with Gasteiger partial charge in [-0.15, -0.1) is 0 Å². The molecule has 0 saturated heterocycles. The van der Waals surface area contributed by atoms with Gasteiger partial charge in [0.1, 0.15) is 0 Å². The van der Waals surface area contributed by atoms with Gasteiger partial charge in [0.25, 0.3) is 0 Å². The fourth-order valence-electron chi connectivity index (χ4n) is 4.87. The molecular formula is C35H36ClNO3S. The van der Waals surface area contributed by atoms with Crippen molar-refractivity contribution in [2.24, 2.45) is 5.41 Å². The Morgan fingerprint density at radius 1 is 1.02 bits per heavy atom. The molecule has 1 atom stereocenters. The predicted molar refractivity (Wildman–Crippen MR) is 170 cm³/mol. The van der Waals surface area contributed by atoms with Crippen LogP contribution in [-0.4, -0.2) is 22.0 Å². The first kappa shape index (κ1) is 30.7. The van der Waals surface area contributed by atoms with Crippen LogP contribution in [0.25, 0.3) is 23.1 Å². The highest BCUT2D eigenvalue weighted by molar-refractivity contribution is 7.99. The highest BCUT2D eigenvalue weighted by Gasteiger charge is 2.37. The lowest BCUT2D eigenvalue weighted by Gasteiger charge is -2.24. The van der Waals surface area contributed by atoms with E-state index in [4.69, 9.17) is 26.2 Å². The molecule has 1 aliphatic rings. The van der Waals surface area contributed by atoms with E-state index in [1.54, 1.807) is 0 Å². The van der Waals surface area contributed by atoms with E-state index in [1.165, 1.54) is 35.3 Å². The lowest BCUT2D eigenvalue weighted by Crippen LogP contribution is -2.18. The standard InChI is InChI=1S/C34H36ClNOS.CO2/c1-33(2,37)30-10-5-4-8-25(30)14-18-32(38-23-34(3)19-20-34)27-9-6-7-24(21-27)11-16-29-17-13-26-12-15-28(35)22-31(26)36-29;2-1-3/h4-13,15-17,21-22,32,37H,14,18-20,23H2,1-3H3;/b16-11+;/t32-;/m1./s1. The number of halogens is 1. The molecule has 4 nitrogen and oxygen atoms in total. The summed E-state index contributed by atoms with van der Waals surface area (Å²) < 4.78 is 0. The smallest absolute Gasteiger partial charge is 0.373 e. The first-order valence-electron chi connectivity index (χ1n) is 13.9. The van der Waals surface area contributed by atoms with Gasteiger partial charge in [-0.25, -0.2) is 4.98 Å². The first-order chi connectivity index (χ1) is 19.6. The number of rotatable bonds is 10. The topological polar surface area (TPSA) is 67.3 Å². The Kier molecular flexibility index (Phi) is 10.2. The molecule has 0 bridgehead atoms. The fraction of sp³-hybridized carbons (Fsp3) is 0.314. The number of nitrogens with zero attached hydrogens (tertiary/aromatic N) is 1. The number of fused-ring (bicyclic) bond motifs is 1. The summed E-state index contributed by atoms with van der Waals surface area (Å²) in [6.45, 7) is 6.16. The maximum absolute atomic E-state index is 10.7. The number of hydrogen-bond acceptors (Lipinski definition) is 5. The average molecular weight is 586 g/mol. The Morgan fingerprint density at radius 2 is 1.76 bits per heavy atom. The molecule has 0 aliphatic heterocycles. The van der Waals surface area contributed by atoms with Gasteiger partial charge in [-0.1, -0.05) is 85.3 Å². The zero-order valence-electron chi connectivity index (χ0n) is 23.8. The molecule has 0 radical (unpaired) electrons. The van der Waals surface area contributed by atoms with Crippen molar-refractivity contribution in [3.63, 3.8) is 0 Å². The van der Waals surface area contributed by atoms with E-state index >= 15 is 0 Å². The van der Waals surface area contributed by atoms with Gasteiger partial charge in [-0.3, -0.25) is 0 Å². The molecule has 4 aromatic rings. The molecule has 41 heavy (non-hydrogen) atoms. The van der Waals surface area contributed by atoms with Crippen LogP contribution in [0.5, 0.6) is 0 Å². The van der Waals surface area contributed by atoms with Crippen LogP contribution < -0.4 is 0 Å². The van der Waals surface area contributed by atoms with Gasteiger partial charge < -0.3 is 5.11 Å². The van der Waals surface area contributed by atoms with Gasteiger partial charge in [0.15, 0.2) is 0 Å². The van der Waals surface area contributed by atoms with Crippen LogP contribution in [0.15, 0.2) is 78.9 Å². The van der Waals surface area contributed by atoms with E-state index in [9.17, 15) is 5.11 Å². The molecule has 0 amide bonds. The van der Waals surface area contributed by atoms with Crippen LogP contribution in [0.2, 0.25) is 5.02 Å². The van der Waals surface area contributed by atoms with Crippen molar-refractivity contribution in [2.75, 3.05) is 5.75 Å². The molecule has 6 heteroatoms. The highest BCUT2D eigenvalue weighted by Crippen LogP contribution is 2.50. The van der Waals surface area contributed by atoms with E-state index in [2.05, 4.69) is 79.4 Å². The van der Waals surface area contributed by atoms with Crippen LogP contribution in [0.4, 0.5) is 0 Å². The second kappa shape index (κ2) is 13.6. The Labute approximate surface area is 251 Å². The molecule has 1 aromatic heterocycles. The highest BCUT2D eigenvalue weighted by atomic mass is 35.5. The first-order valence-corrected chi connectivity index (χ1v) is 15.3. The van der Waals surface area contributed by atoms with Gasteiger partial charge in [-0.2, -0.15) is 21.4 Å². The van der Waals surface area contributed by atoms with Crippen molar-refractivity contribution in [3.05, 3.63) is 112 Å². The normalized spacial score (nSPS) is 14.8. The fourth-order valence-corrected chi connectivity index (χ4v) is 6.55. The third-order valence-electron chi connectivity index (χ3n) is 7.49.